The normalized spacial score (nSPS) is 20.7. The second-order valence-corrected chi connectivity index (χ2v) is 5.29. The molecule has 1 aliphatic rings. The molecule has 1 saturated heterocycles. The lowest BCUT2D eigenvalue weighted by Gasteiger charge is -2.29. The van der Waals surface area contributed by atoms with Crippen LogP contribution in [0.5, 0.6) is 0 Å². The smallest absolute Gasteiger partial charge is 0.226 e. The number of nitrogens with one attached hydrogen (secondary N) is 1. The lowest BCUT2D eigenvalue weighted by molar-refractivity contribution is 0.217. The fourth-order valence-electron chi connectivity index (χ4n) is 2.35. The molecule has 1 aromatic rings. The van der Waals surface area contributed by atoms with E-state index in [4.69, 9.17) is 0 Å². The summed E-state index contributed by atoms with van der Waals surface area (Å²) in [6, 6.07) is 1.93. The van der Waals surface area contributed by atoms with Crippen molar-refractivity contribution < 1.29 is 0 Å². The molecule has 0 radical (unpaired) electrons. The Kier molecular flexibility index (Phi) is 4.36. The van der Waals surface area contributed by atoms with E-state index in [2.05, 4.69) is 27.2 Å². The van der Waals surface area contributed by atoms with Crippen LogP contribution in [-0.2, 0) is 0 Å². The zero-order chi connectivity index (χ0) is 13.0. The molecule has 1 N–H and O–H groups in total. The van der Waals surface area contributed by atoms with Crippen molar-refractivity contribution in [2.24, 2.45) is 5.92 Å². The highest BCUT2D eigenvalue weighted by atomic mass is 15.2. The van der Waals surface area contributed by atoms with Crippen molar-refractivity contribution in [1.82, 2.24) is 14.9 Å². The first-order valence-electron chi connectivity index (χ1n) is 6.58. The number of nitrogens with zero attached hydrogens (tertiary/aromatic N) is 4. The molecule has 0 amide bonds. The van der Waals surface area contributed by atoms with Crippen LogP contribution in [0.1, 0.15) is 12.8 Å². The monoisotopic (exact) mass is 249 g/mol. The highest BCUT2D eigenvalue weighted by Gasteiger charge is 2.16. The van der Waals surface area contributed by atoms with Gasteiger partial charge in [-0.1, -0.05) is 0 Å². The fraction of sp³-hybridized carbons (Fsp3) is 0.692. The quantitative estimate of drug-likeness (QED) is 0.871. The summed E-state index contributed by atoms with van der Waals surface area (Å²) in [7, 11) is 6.10. The van der Waals surface area contributed by atoms with Crippen LogP contribution < -0.4 is 10.2 Å². The van der Waals surface area contributed by atoms with Gasteiger partial charge in [0.25, 0.3) is 0 Å². The van der Waals surface area contributed by atoms with Crippen molar-refractivity contribution in [3.8, 4) is 0 Å². The summed E-state index contributed by atoms with van der Waals surface area (Å²) in [6.45, 7) is 3.40. The Morgan fingerprint density at radius 1 is 1.50 bits per heavy atom. The van der Waals surface area contributed by atoms with Crippen LogP contribution in [-0.4, -0.2) is 55.6 Å². The summed E-state index contributed by atoms with van der Waals surface area (Å²) in [5.41, 5.74) is 0. The van der Waals surface area contributed by atoms with E-state index >= 15 is 0 Å². The molecule has 1 aliphatic heterocycles. The van der Waals surface area contributed by atoms with Gasteiger partial charge >= 0.3 is 0 Å². The van der Waals surface area contributed by atoms with Crippen LogP contribution in [0, 0.1) is 5.92 Å². The second-order valence-electron chi connectivity index (χ2n) is 5.29. The molecular weight excluding hydrogens is 226 g/mol. The molecule has 1 fully saturated rings. The molecule has 5 heteroatoms. The highest BCUT2D eigenvalue weighted by Crippen LogP contribution is 2.16. The van der Waals surface area contributed by atoms with Crippen molar-refractivity contribution in [3.05, 3.63) is 12.3 Å². The Balaban J connectivity index is 1.87. The van der Waals surface area contributed by atoms with Crippen LogP contribution in [0.25, 0.3) is 0 Å². The van der Waals surface area contributed by atoms with E-state index in [0.29, 0.717) is 0 Å². The molecule has 0 aliphatic carbocycles. The SMILES string of the molecule is CN1CCCC(CNc2ccnc(N(C)C)n2)C1. The maximum absolute atomic E-state index is 4.47. The maximum Gasteiger partial charge on any atom is 0.226 e. The third kappa shape index (κ3) is 3.57. The van der Waals surface area contributed by atoms with Gasteiger partial charge in [0, 0.05) is 33.4 Å². The molecule has 1 aromatic heterocycles. The van der Waals surface area contributed by atoms with Crippen molar-refractivity contribution >= 4 is 11.8 Å². The van der Waals surface area contributed by atoms with Crippen LogP contribution in [0.15, 0.2) is 12.3 Å². The van der Waals surface area contributed by atoms with Crippen molar-refractivity contribution in [2.75, 3.05) is 51.0 Å². The van der Waals surface area contributed by atoms with Crippen LogP contribution in [0.3, 0.4) is 0 Å². The zero-order valence-electron chi connectivity index (χ0n) is 11.6. The Bertz CT molecular complexity index is 379. The molecule has 1 unspecified atom stereocenters. The molecule has 0 bridgehead atoms. The van der Waals surface area contributed by atoms with Gasteiger partial charge in [0.05, 0.1) is 0 Å². The van der Waals surface area contributed by atoms with E-state index in [1.807, 2.05) is 25.1 Å². The number of anilines is 2. The molecule has 0 saturated carbocycles. The van der Waals surface area contributed by atoms with Crippen LogP contribution >= 0.6 is 0 Å². The molecule has 1 atom stereocenters. The summed E-state index contributed by atoms with van der Waals surface area (Å²) >= 11 is 0. The number of hydrogen-bond acceptors (Lipinski definition) is 5. The summed E-state index contributed by atoms with van der Waals surface area (Å²) in [6.07, 6.45) is 4.41. The van der Waals surface area contributed by atoms with Gasteiger partial charge in [0.2, 0.25) is 5.95 Å². The largest absolute Gasteiger partial charge is 0.370 e. The van der Waals surface area contributed by atoms with Gasteiger partial charge < -0.3 is 15.1 Å². The van der Waals surface area contributed by atoms with E-state index < -0.39 is 0 Å². The van der Waals surface area contributed by atoms with Gasteiger partial charge in [-0.05, 0) is 38.4 Å². The third-order valence-electron chi connectivity index (χ3n) is 3.34. The summed E-state index contributed by atoms with van der Waals surface area (Å²) in [4.78, 5) is 13.0. The first-order chi connectivity index (χ1) is 8.65. The van der Waals surface area contributed by atoms with Crippen molar-refractivity contribution in [1.29, 1.82) is 0 Å². The molecular formula is C13H23N5. The summed E-state index contributed by atoms with van der Waals surface area (Å²) in [5, 5.41) is 3.43. The predicted octanol–water partition coefficient (Wildman–Crippen LogP) is 1.30. The van der Waals surface area contributed by atoms with Gasteiger partial charge in [-0.15, -0.1) is 0 Å². The van der Waals surface area contributed by atoms with E-state index in [1.165, 1.54) is 25.9 Å². The maximum atomic E-state index is 4.47. The number of piperidine rings is 1. The Labute approximate surface area is 109 Å². The van der Waals surface area contributed by atoms with E-state index in [0.717, 1.165) is 24.2 Å². The summed E-state index contributed by atoms with van der Waals surface area (Å²) in [5.74, 6) is 2.39. The van der Waals surface area contributed by atoms with Crippen LogP contribution in [0.4, 0.5) is 11.8 Å². The van der Waals surface area contributed by atoms with Gasteiger partial charge in [-0.3, -0.25) is 0 Å². The lowest BCUT2D eigenvalue weighted by atomic mass is 9.98. The number of hydrogen-bond donors (Lipinski definition) is 1. The first-order valence-corrected chi connectivity index (χ1v) is 6.58. The standard InChI is InChI=1S/C13H23N5/c1-17(2)13-14-7-6-12(16-13)15-9-11-5-4-8-18(3)10-11/h6-7,11H,4-5,8-10H2,1-3H3,(H,14,15,16). The third-order valence-corrected chi connectivity index (χ3v) is 3.34. The fourth-order valence-corrected chi connectivity index (χ4v) is 2.35. The molecule has 18 heavy (non-hydrogen) atoms. The van der Waals surface area contributed by atoms with Crippen molar-refractivity contribution in [3.63, 3.8) is 0 Å². The van der Waals surface area contributed by atoms with Gasteiger partial charge in [-0.25, -0.2) is 4.98 Å². The highest BCUT2D eigenvalue weighted by molar-refractivity contribution is 5.40. The topological polar surface area (TPSA) is 44.3 Å². The number of rotatable bonds is 4. The van der Waals surface area contributed by atoms with E-state index in [-0.39, 0.29) is 0 Å². The molecule has 2 heterocycles. The lowest BCUT2D eigenvalue weighted by Crippen LogP contribution is -2.35. The minimum absolute atomic E-state index is 0.724. The zero-order valence-corrected chi connectivity index (χ0v) is 11.6. The average Bonchev–Trinajstić information content (AvgIpc) is 2.37. The number of likely N-dealkylation sites (tertiary alicyclic amines) is 1. The molecule has 0 aromatic carbocycles. The number of aromatic nitrogens is 2. The van der Waals surface area contributed by atoms with Gasteiger partial charge in [-0.2, -0.15) is 4.98 Å². The molecule has 2 rings (SSSR count). The Morgan fingerprint density at radius 3 is 3.06 bits per heavy atom. The van der Waals surface area contributed by atoms with Gasteiger partial charge in [0.15, 0.2) is 0 Å². The molecule has 5 nitrogen and oxygen atoms in total. The van der Waals surface area contributed by atoms with Crippen molar-refractivity contribution in [2.45, 2.75) is 12.8 Å². The molecule has 0 spiro atoms. The van der Waals surface area contributed by atoms with E-state index in [1.54, 1.807) is 6.20 Å². The second kappa shape index (κ2) is 6.00. The first kappa shape index (κ1) is 13.1. The van der Waals surface area contributed by atoms with Crippen LogP contribution in [0.2, 0.25) is 0 Å². The Morgan fingerprint density at radius 2 is 2.33 bits per heavy atom. The minimum Gasteiger partial charge on any atom is -0.370 e. The Hall–Kier alpha value is -1.36. The predicted molar refractivity (Wildman–Crippen MR) is 75.1 cm³/mol. The molecule has 100 valence electrons. The van der Waals surface area contributed by atoms with Gasteiger partial charge in [0.1, 0.15) is 5.82 Å². The average molecular weight is 249 g/mol. The van der Waals surface area contributed by atoms with E-state index in [9.17, 15) is 0 Å². The minimum atomic E-state index is 0.724. The summed E-state index contributed by atoms with van der Waals surface area (Å²) < 4.78 is 0.